The number of rotatable bonds is 6. The van der Waals surface area contributed by atoms with Gasteiger partial charge in [0, 0.05) is 39.6 Å². The number of pyridine rings is 1. The van der Waals surface area contributed by atoms with Gasteiger partial charge in [0.1, 0.15) is 10.8 Å². The molecule has 4 rings (SSSR count). The highest BCUT2D eigenvalue weighted by Crippen LogP contribution is 2.30. The molecule has 4 aromatic rings. The van der Waals surface area contributed by atoms with Crippen molar-refractivity contribution in [1.29, 1.82) is 0 Å². The highest BCUT2D eigenvalue weighted by Gasteiger charge is 2.10. The van der Waals surface area contributed by atoms with Crippen molar-refractivity contribution < 1.29 is 9.53 Å². The summed E-state index contributed by atoms with van der Waals surface area (Å²) >= 11 is 7.75. The zero-order valence-electron chi connectivity index (χ0n) is 17.1. The Balaban J connectivity index is 1.42. The number of aryl methyl sites for hydroxylation is 2. The monoisotopic (exact) mass is 449 g/mol. The lowest BCUT2D eigenvalue weighted by Crippen LogP contribution is -2.20. The van der Waals surface area contributed by atoms with Crippen LogP contribution in [0.2, 0.25) is 5.02 Å². The fourth-order valence-corrected chi connectivity index (χ4v) is 4.07. The van der Waals surface area contributed by atoms with Crippen LogP contribution in [0.5, 0.6) is 5.75 Å². The Morgan fingerprint density at radius 2 is 1.81 bits per heavy atom. The normalized spacial score (nSPS) is 10.7. The Kier molecular flexibility index (Phi) is 6.30. The lowest BCUT2D eigenvalue weighted by Gasteiger charge is -2.11. The third-order valence-corrected chi connectivity index (χ3v) is 6.14. The number of carbonyl (C=O) groups excluding carboxylic acids is 1. The second kappa shape index (κ2) is 9.29. The van der Waals surface area contributed by atoms with E-state index < -0.39 is 0 Å². The van der Waals surface area contributed by atoms with Crippen LogP contribution in [-0.4, -0.2) is 22.5 Å². The molecule has 0 aliphatic rings. The first-order valence-electron chi connectivity index (χ1n) is 9.65. The molecule has 5 nitrogen and oxygen atoms in total. The van der Waals surface area contributed by atoms with Gasteiger partial charge in [-0.15, -0.1) is 11.3 Å². The van der Waals surface area contributed by atoms with Gasteiger partial charge in [-0.3, -0.25) is 9.78 Å². The fraction of sp³-hybridized carbons (Fsp3) is 0.125. The van der Waals surface area contributed by atoms with Crippen LogP contribution in [0.15, 0.2) is 66.3 Å². The number of anilines is 1. The molecule has 2 aromatic heterocycles. The molecule has 0 aliphatic heterocycles. The molecule has 2 aromatic carbocycles. The minimum Gasteiger partial charge on any atom is -0.484 e. The van der Waals surface area contributed by atoms with Gasteiger partial charge in [0.05, 0.1) is 5.69 Å². The summed E-state index contributed by atoms with van der Waals surface area (Å²) in [4.78, 5) is 21.1. The second-order valence-corrected chi connectivity index (χ2v) is 8.30. The first-order chi connectivity index (χ1) is 15.0. The van der Waals surface area contributed by atoms with Gasteiger partial charge in [0.2, 0.25) is 0 Å². The van der Waals surface area contributed by atoms with Crippen LogP contribution in [0.3, 0.4) is 0 Å². The minimum absolute atomic E-state index is 0.0897. The number of hydrogen-bond donors (Lipinski definition) is 1. The molecule has 0 saturated carbocycles. The Morgan fingerprint density at radius 1 is 1.06 bits per heavy atom. The predicted molar refractivity (Wildman–Crippen MR) is 126 cm³/mol. The first kappa shape index (κ1) is 21.0. The van der Waals surface area contributed by atoms with Gasteiger partial charge in [-0.05, 0) is 61.4 Å². The second-order valence-electron chi connectivity index (χ2n) is 7.06. The molecule has 0 bridgehead atoms. The Bertz CT molecular complexity index is 1200. The first-order valence-corrected chi connectivity index (χ1v) is 10.9. The van der Waals surface area contributed by atoms with Crippen LogP contribution in [0.1, 0.15) is 11.1 Å². The van der Waals surface area contributed by atoms with E-state index in [1.54, 1.807) is 23.7 Å². The maximum absolute atomic E-state index is 12.4. The number of amides is 1. The van der Waals surface area contributed by atoms with E-state index in [1.165, 1.54) is 0 Å². The highest BCUT2D eigenvalue weighted by atomic mass is 35.5. The zero-order valence-corrected chi connectivity index (χ0v) is 18.6. The molecule has 31 heavy (non-hydrogen) atoms. The average molecular weight is 450 g/mol. The summed E-state index contributed by atoms with van der Waals surface area (Å²) in [5.41, 5.74) is 5.34. The lowest BCUT2D eigenvalue weighted by atomic mass is 10.1. The number of hydrogen-bond acceptors (Lipinski definition) is 5. The Hall–Kier alpha value is -3.22. The van der Waals surface area contributed by atoms with Crippen LogP contribution < -0.4 is 10.1 Å². The van der Waals surface area contributed by atoms with E-state index in [4.69, 9.17) is 21.3 Å². The van der Waals surface area contributed by atoms with Crippen molar-refractivity contribution >= 4 is 34.5 Å². The van der Waals surface area contributed by atoms with Crippen LogP contribution in [-0.2, 0) is 4.79 Å². The van der Waals surface area contributed by atoms with E-state index in [0.717, 1.165) is 33.0 Å². The van der Waals surface area contributed by atoms with Gasteiger partial charge in [-0.2, -0.15) is 0 Å². The van der Waals surface area contributed by atoms with E-state index >= 15 is 0 Å². The van der Waals surface area contributed by atoms with Gasteiger partial charge in [-0.25, -0.2) is 4.98 Å². The lowest BCUT2D eigenvalue weighted by molar-refractivity contribution is -0.118. The largest absolute Gasteiger partial charge is 0.484 e. The molecular weight excluding hydrogens is 430 g/mol. The van der Waals surface area contributed by atoms with Crippen molar-refractivity contribution in [1.82, 2.24) is 9.97 Å². The number of benzene rings is 2. The summed E-state index contributed by atoms with van der Waals surface area (Å²) in [5, 5.41) is 6.52. The van der Waals surface area contributed by atoms with E-state index in [9.17, 15) is 4.79 Å². The summed E-state index contributed by atoms with van der Waals surface area (Å²) in [6.45, 7) is 3.73. The van der Waals surface area contributed by atoms with E-state index in [-0.39, 0.29) is 12.5 Å². The molecule has 0 radical (unpaired) electrons. The van der Waals surface area contributed by atoms with Crippen molar-refractivity contribution in [3.05, 3.63) is 82.5 Å². The molecular formula is C24H20ClN3O2S. The molecule has 0 unspecified atom stereocenters. The summed E-state index contributed by atoms with van der Waals surface area (Å²) in [6, 6.07) is 15.1. The smallest absolute Gasteiger partial charge is 0.262 e. The SMILES string of the molecule is Cc1cc(OCC(=O)Nc2cccc(-c3csc(-c4ccncc4)n3)c2)cc(C)c1Cl. The molecule has 0 saturated heterocycles. The summed E-state index contributed by atoms with van der Waals surface area (Å²) < 4.78 is 5.64. The van der Waals surface area contributed by atoms with Crippen molar-refractivity contribution in [2.45, 2.75) is 13.8 Å². The highest BCUT2D eigenvalue weighted by molar-refractivity contribution is 7.13. The number of thiazole rings is 1. The van der Waals surface area contributed by atoms with Gasteiger partial charge in [0.15, 0.2) is 6.61 Å². The van der Waals surface area contributed by atoms with Crippen molar-refractivity contribution in [2.75, 3.05) is 11.9 Å². The van der Waals surface area contributed by atoms with Crippen LogP contribution in [0.4, 0.5) is 5.69 Å². The number of nitrogens with zero attached hydrogens (tertiary/aromatic N) is 2. The molecule has 1 amide bonds. The maximum Gasteiger partial charge on any atom is 0.262 e. The number of halogens is 1. The number of ether oxygens (including phenoxy) is 1. The number of carbonyl (C=O) groups is 1. The van der Waals surface area contributed by atoms with Crippen LogP contribution >= 0.6 is 22.9 Å². The summed E-state index contributed by atoms with van der Waals surface area (Å²) in [7, 11) is 0. The third kappa shape index (κ3) is 5.10. The van der Waals surface area contributed by atoms with Crippen molar-refractivity contribution in [3.8, 4) is 27.6 Å². The Labute approximate surface area is 189 Å². The molecule has 0 spiro atoms. The van der Waals surface area contributed by atoms with Gasteiger partial charge >= 0.3 is 0 Å². The summed E-state index contributed by atoms with van der Waals surface area (Å²) in [6.07, 6.45) is 3.50. The van der Waals surface area contributed by atoms with E-state index in [1.807, 2.05) is 67.8 Å². The van der Waals surface area contributed by atoms with Crippen LogP contribution in [0.25, 0.3) is 21.8 Å². The Morgan fingerprint density at radius 3 is 2.55 bits per heavy atom. The molecule has 1 N–H and O–H groups in total. The third-order valence-electron chi connectivity index (χ3n) is 4.65. The van der Waals surface area contributed by atoms with Gasteiger partial charge in [0.25, 0.3) is 5.91 Å². The van der Waals surface area contributed by atoms with E-state index in [0.29, 0.717) is 16.5 Å². The number of aromatic nitrogens is 2. The van der Waals surface area contributed by atoms with E-state index in [2.05, 4.69) is 10.3 Å². The molecule has 156 valence electrons. The topological polar surface area (TPSA) is 64.1 Å². The molecule has 2 heterocycles. The van der Waals surface area contributed by atoms with Gasteiger partial charge in [-0.1, -0.05) is 23.7 Å². The quantitative estimate of drug-likeness (QED) is 0.383. The number of nitrogens with one attached hydrogen (secondary N) is 1. The molecule has 0 fully saturated rings. The van der Waals surface area contributed by atoms with Crippen molar-refractivity contribution in [2.24, 2.45) is 0 Å². The molecule has 7 heteroatoms. The zero-order chi connectivity index (χ0) is 21.8. The van der Waals surface area contributed by atoms with Gasteiger partial charge < -0.3 is 10.1 Å². The molecule has 0 atom stereocenters. The minimum atomic E-state index is -0.238. The standard InChI is InChI=1S/C24H20ClN3O2S/c1-15-10-20(11-16(2)23(15)25)30-13-22(29)27-19-5-3-4-18(12-19)21-14-31-24(28-21)17-6-8-26-9-7-17/h3-12,14H,13H2,1-2H3,(H,27,29). The fourth-order valence-electron chi connectivity index (χ4n) is 3.13. The summed E-state index contributed by atoms with van der Waals surface area (Å²) in [5.74, 6) is 0.382. The average Bonchev–Trinajstić information content (AvgIpc) is 3.27. The maximum atomic E-state index is 12.4. The predicted octanol–water partition coefficient (Wildman–Crippen LogP) is 6.16. The molecule has 0 aliphatic carbocycles. The van der Waals surface area contributed by atoms with Crippen LogP contribution in [0, 0.1) is 13.8 Å². The van der Waals surface area contributed by atoms with Crippen molar-refractivity contribution in [3.63, 3.8) is 0 Å².